The molecule has 1 aliphatic rings. The van der Waals surface area contributed by atoms with Gasteiger partial charge in [0.2, 0.25) is 0 Å². The van der Waals surface area contributed by atoms with Crippen LogP contribution in [0.1, 0.15) is 37.8 Å². The summed E-state index contributed by atoms with van der Waals surface area (Å²) in [7, 11) is 0. The number of aryl methyl sites for hydroxylation is 1. The maximum absolute atomic E-state index is 10.5. The molecule has 0 aliphatic carbocycles. The van der Waals surface area contributed by atoms with Gasteiger partial charge in [0.1, 0.15) is 11.5 Å². The number of fused-ring (bicyclic) bond motifs is 1. The van der Waals surface area contributed by atoms with Gasteiger partial charge in [-0.15, -0.1) is 22.8 Å². The first-order chi connectivity index (χ1) is 14.0. The van der Waals surface area contributed by atoms with Gasteiger partial charge in [0, 0.05) is 30.4 Å². The summed E-state index contributed by atoms with van der Waals surface area (Å²) >= 11 is 4.55. The summed E-state index contributed by atoms with van der Waals surface area (Å²) in [4.78, 5) is 2.43. The predicted molar refractivity (Wildman–Crippen MR) is 118 cm³/mol. The van der Waals surface area contributed by atoms with Gasteiger partial charge < -0.3 is 15.1 Å². The zero-order valence-corrected chi connectivity index (χ0v) is 17.7. The van der Waals surface area contributed by atoms with Crippen molar-refractivity contribution in [1.82, 2.24) is 14.8 Å². The second-order valence-corrected chi connectivity index (χ2v) is 7.78. The third-order valence-corrected chi connectivity index (χ3v) is 5.88. The van der Waals surface area contributed by atoms with Crippen molar-refractivity contribution < 1.29 is 10.2 Å². The minimum absolute atomic E-state index is 0.0289. The van der Waals surface area contributed by atoms with Crippen LogP contribution in [0.5, 0.6) is 11.5 Å². The Morgan fingerprint density at radius 1 is 1.07 bits per heavy atom. The Kier molecular flexibility index (Phi) is 5.41. The van der Waals surface area contributed by atoms with Gasteiger partial charge in [-0.2, -0.15) is 0 Å². The Morgan fingerprint density at radius 2 is 1.86 bits per heavy atom. The van der Waals surface area contributed by atoms with E-state index in [1.807, 2.05) is 23.6 Å². The molecule has 6 nitrogen and oxygen atoms in total. The van der Waals surface area contributed by atoms with Crippen LogP contribution < -0.4 is 4.90 Å². The molecule has 2 aromatic carbocycles. The summed E-state index contributed by atoms with van der Waals surface area (Å²) in [6.45, 7) is 6.21. The largest absolute Gasteiger partial charge is 0.508 e. The van der Waals surface area contributed by atoms with Crippen LogP contribution in [-0.2, 0) is 12.8 Å². The summed E-state index contributed by atoms with van der Waals surface area (Å²) in [6, 6.07) is 9.40. The fourth-order valence-electron chi connectivity index (χ4n) is 4.03. The highest BCUT2D eigenvalue weighted by Gasteiger charge is 2.25. The summed E-state index contributed by atoms with van der Waals surface area (Å²) in [5, 5.41) is 29.5. The zero-order chi connectivity index (χ0) is 20.5. The van der Waals surface area contributed by atoms with Crippen molar-refractivity contribution >= 4 is 18.3 Å². The molecule has 0 amide bonds. The van der Waals surface area contributed by atoms with Crippen LogP contribution in [0.4, 0.5) is 5.69 Å². The van der Waals surface area contributed by atoms with Crippen LogP contribution in [0.2, 0.25) is 0 Å². The van der Waals surface area contributed by atoms with Crippen LogP contribution in [0, 0.1) is 0 Å². The number of aromatic nitrogens is 3. The number of hydrogen-bond donors (Lipinski definition) is 3. The third-order valence-electron chi connectivity index (χ3n) is 5.59. The van der Waals surface area contributed by atoms with E-state index in [1.54, 1.807) is 6.07 Å². The molecule has 0 saturated carbocycles. The van der Waals surface area contributed by atoms with Gasteiger partial charge in [-0.05, 0) is 43.0 Å². The molecule has 2 N–H and O–H groups in total. The van der Waals surface area contributed by atoms with Crippen LogP contribution in [0.25, 0.3) is 17.1 Å². The molecule has 0 spiro atoms. The van der Waals surface area contributed by atoms with Crippen molar-refractivity contribution in [1.29, 1.82) is 0 Å². The first kappa shape index (κ1) is 19.6. The molecule has 4 rings (SSSR count). The maximum Gasteiger partial charge on any atom is 0.193 e. The lowest BCUT2D eigenvalue weighted by atomic mass is 10.0. The van der Waals surface area contributed by atoms with Gasteiger partial charge in [-0.1, -0.05) is 26.3 Å². The number of phenolic OH excluding ortho intramolecular Hbond substituents is 2. The lowest BCUT2D eigenvalue weighted by molar-refractivity contribution is 0.447. The lowest BCUT2D eigenvalue weighted by Gasteiger charge is -2.20. The van der Waals surface area contributed by atoms with Crippen LogP contribution in [0.3, 0.4) is 0 Å². The number of rotatable bonds is 6. The molecule has 0 bridgehead atoms. The molecule has 0 radical (unpaired) electrons. The number of benzene rings is 2. The lowest BCUT2D eigenvalue weighted by Crippen LogP contribution is -2.21. The second-order valence-electron chi connectivity index (χ2n) is 7.38. The molecule has 152 valence electrons. The predicted octanol–water partition coefficient (Wildman–Crippen LogP) is 4.36. The second kappa shape index (κ2) is 7.99. The molecular formula is C22H26N4O2S. The molecule has 0 atom stereocenters. The fourth-order valence-corrected chi connectivity index (χ4v) is 4.28. The number of aromatic hydroxyl groups is 2. The summed E-state index contributed by atoms with van der Waals surface area (Å²) in [5.74, 6) is 0.569. The van der Waals surface area contributed by atoms with E-state index in [4.69, 9.17) is 0 Å². The number of unbranched alkanes of at least 4 members (excludes halogenated alkanes) is 1. The number of thiol groups is 1. The van der Waals surface area contributed by atoms with Crippen LogP contribution in [-0.4, -0.2) is 38.1 Å². The standard InChI is InChI=1S/C22H26N4O2S/c1-3-5-10-25-11-9-15-17(25)7-6-8-18(15)26-21(23-24-22(26)29)16-12-14(4-2)19(27)13-20(16)28/h6-8,12-13,27-28H,3-5,9-11H2,1-2H3,(H,24,29). The molecule has 3 aromatic rings. The minimum atomic E-state index is -0.0289. The highest BCUT2D eigenvalue weighted by atomic mass is 32.1. The molecule has 1 aromatic heterocycles. The molecular weight excluding hydrogens is 384 g/mol. The first-order valence-electron chi connectivity index (χ1n) is 10.1. The molecule has 1 aliphatic heterocycles. The van der Waals surface area contributed by atoms with Crippen molar-refractivity contribution in [3.63, 3.8) is 0 Å². The van der Waals surface area contributed by atoms with Gasteiger partial charge >= 0.3 is 0 Å². The van der Waals surface area contributed by atoms with E-state index >= 15 is 0 Å². The minimum Gasteiger partial charge on any atom is -0.508 e. The van der Waals surface area contributed by atoms with Crippen molar-refractivity contribution in [2.24, 2.45) is 0 Å². The summed E-state index contributed by atoms with van der Waals surface area (Å²) in [6.07, 6.45) is 3.93. The Labute approximate surface area is 176 Å². The van der Waals surface area contributed by atoms with Crippen LogP contribution in [0.15, 0.2) is 35.5 Å². The van der Waals surface area contributed by atoms with Crippen LogP contribution >= 0.6 is 12.6 Å². The van der Waals surface area contributed by atoms with Gasteiger partial charge in [0.15, 0.2) is 11.0 Å². The first-order valence-corrected chi connectivity index (χ1v) is 10.6. The molecule has 29 heavy (non-hydrogen) atoms. The average molecular weight is 411 g/mol. The summed E-state index contributed by atoms with van der Waals surface area (Å²) in [5.41, 5.74) is 4.75. The van der Waals surface area contributed by atoms with E-state index in [9.17, 15) is 10.2 Å². The van der Waals surface area contributed by atoms with Gasteiger partial charge in [0.25, 0.3) is 0 Å². The number of hydrogen-bond acceptors (Lipinski definition) is 6. The number of anilines is 1. The Hall–Kier alpha value is -2.67. The number of nitrogens with zero attached hydrogens (tertiary/aromatic N) is 4. The molecule has 2 heterocycles. The average Bonchev–Trinajstić information content (AvgIpc) is 3.30. The van der Waals surface area contributed by atoms with E-state index in [0.29, 0.717) is 23.0 Å². The molecule has 0 saturated heterocycles. The Balaban J connectivity index is 1.84. The Bertz CT molecular complexity index is 1050. The smallest absolute Gasteiger partial charge is 0.193 e. The van der Waals surface area contributed by atoms with Crippen molar-refractivity contribution in [3.8, 4) is 28.6 Å². The topological polar surface area (TPSA) is 74.4 Å². The summed E-state index contributed by atoms with van der Waals surface area (Å²) < 4.78 is 1.89. The van der Waals surface area contributed by atoms with E-state index < -0.39 is 0 Å². The normalized spacial score (nSPS) is 13.1. The third kappa shape index (κ3) is 3.44. The Morgan fingerprint density at radius 3 is 2.62 bits per heavy atom. The van der Waals surface area contributed by atoms with Gasteiger partial charge in [0.05, 0.1) is 11.3 Å². The quantitative estimate of drug-likeness (QED) is 0.527. The van der Waals surface area contributed by atoms with E-state index in [2.05, 4.69) is 40.7 Å². The van der Waals surface area contributed by atoms with E-state index in [1.165, 1.54) is 30.2 Å². The van der Waals surface area contributed by atoms with Crippen molar-refractivity contribution in [2.75, 3.05) is 18.0 Å². The van der Waals surface area contributed by atoms with E-state index in [-0.39, 0.29) is 11.5 Å². The SMILES string of the molecule is CCCCN1CCc2c1cccc2-n1c(S)nnc1-c1cc(CC)c(O)cc1O. The highest BCUT2D eigenvalue weighted by Crippen LogP contribution is 2.39. The number of phenols is 2. The fraction of sp³-hybridized carbons (Fsp3) is 0.364. The zero-order valence-electron chi connectivity index (χ0n) is 16.8. The van der Waals surface area contributed by atoms with Crippen molar-refractivity contribution in [3.05, 3.63) is 41.5 Å². The van der Waals surface area contributed by atoms with E-state index in [0.717, 1.165) is 30.8 Å². The van der Waals surface area contributed by atoms with Gasteiger partial charge in [-0.25, -0.2) is 0 Å². The van der Waals surface area contributed by atoms with Gasteiger partial charge in [-0.3, -0.25) is 4.57 Å². The van der Waals surface area contributed by atoms with Crippen molar-refractivity contribution in [2.45, 2.75) is 44.7 Å². The highest BCUT2D eigenvalue weighted by molar-refractivity contribution is 7.80. The maximum atomic E-state index is 10.5. The molecule has 0 unspecified atom stereocenters. The molecule has 7 heteroatoms. The monoisotopic (exact) mass is 410 g/mol. The molecule has 0 fully saturated rings.